The number of anilines is 2. The molecule has 0 aliphatic carbocycles. The number of hydrogen-bond acceptors (Lipinski definition) is 4. The molecule has 0 fully saturated rings. The summed E-state index contributed by atoms with van der Waals surface area (Å²) in [7, 11) is 0. The summed E-state index contributed by atoms with van der Waals surface area (Å²) in [5.41, 5.74) is 5.55. The van der Waals surface area contributed by atoms with Gasteiger partial charge in [-0.05, 0) is 96.8 Å². The largest absolute Gasteiger partial charge is 0.325 e. The van der Waals surface area contributed by atoms with Gasteiger partial charge in [0.05, 0.1) is 0 Å². The van der Waals surface area contributed by atoms with Gasteiger partial charge in [0, 0.05) is 26.3 Å². The van der Waals surface area contributed by atoms with Gasteiger partial charge in [0.1, 0.15) is 10.9 Å². The molecule has 0 saturated heterocycles. The summed E-state index contributed by atoms with van der Waals surface area (Å²) in [5, 5.41) is 8.26. The molecule has 8 heteroatoms. The van der Waals surface area contributed by atoms with E-state index in [4.69, 9.17) is 0 Å². The predicted octanol–water partition coefficient (Wildman–Crippen LogP) is 8.95. The molecule has 3 N–H and O–H groups in total. The van der Waals surface area contributed by atoms with Crippen molar-refractivity contribution in [1.29, 1.82) is 0 Å². The fourth-order valence-corrected chi connectivity index (χ4v) is 5.88. The first-order valence-corrected chi connectivity index (χ1v) is 16.3. The number of thioether (sulfide) groups is 1. The fraction of sp³-hybridized carbons (Fsp3) is 0.0789. The highest BCUT2D eigenvalue weighted by Crippen LogP contribution is 2.37. The Morgan fingerprint density at radius 1 is 0.739 bits per heavy atom. The summed E-state index contributed by atoms with van der Waals surface area (Å²) >= 11 is 4.85. The van der Waals surface area contributed by atoms with Gasteiger partial charge in [-0.15, -0.1) is 11.8 Å². The van der Waals surface area contributed by atoms with Crippen molar-refractivity contribution in [1.82, 2.24) is 5.32 Å². The van der Waals surface area contributed by atoms with E-state index in [2.05, 4.69) is 31.9 Å². The molecule has 1 unspecified atom stereocenters. The Bertz CT molecular complexity index is 1860. The molecule has 0 radical (unpaired) electrons. The molecule has 5 aromatic carbocycles. The van der Waals surface area contributed by atoms with Crippen LogP contribution in [0.4, 0.5) is 11.4 Å². The first-order chi connectivity index (χ1) is 22.2. The molecule has 1 atom stereocenters. The van der Waals surface area contributed by atoms with E-state index in [1.807, 2.05) is 105 Å². The number of nitrogens with one attached hydrogen (secondary N) is 3. The lowest BCUT2D eigenvalue weighted by atomic mass is 10.1. The van der Waals surface area contributed by atoms with Crippen molar-refractivity contribution < 1.29 is 14.4 Å². The lowest BCUT2D eigenvalue weighted by molar-refractivity contribution is -0.116. The summed E-state index contributed by atoms with van der Waals surface area (Å²) in [6.45, 7) is 3.97. The molecule has 0 aliphatic rings. The van der Waals surface area contributed by atoms with Crippen molar-refractivity contribution in [2.24, 2.45) is 0 Å². The summed E-state index contributed by atoms with van der Waals surface area (Å²) in [6, 6.07) is 39.1. The standard InChI is InChI=1S/C38H32BrN3O3S/c1-25-13-14-26(2)33(23-25)41-38(45)35(28-9-5-3-6-10-28)46-32-21-19-31(20-22-32)40-37(44)34(24-27-15-17-30(39)18-16-27)42-36(43)29-11-7-4-8-12-29/h3-24,35H,1-2H3,(H,40,44)(H,41,45)(H,42,43)/b34-24-. The van der Waals surface area contributed by atoms with E-state index in [0.717, 1.165) is 37.3 Å². The molecule has 5 aromatic rings. The number of carbonyl (C=O) groups is 3. The molecule has 5 rings (SSSR count). The Kier molecular flexibility index (Phi) is 10.9. The Hall–Kier alpha value is -4.92. The van der Waals surface area contributed by atoms with Crippen molar-refractivity contribution in [2.45, 2.75) is 24.0 Å². The Balaban J connectivity index is 1.33. The van der Waals surface area contributed by atoms with Crippen LogP contribution in [0.25, 0.3) is 6.08 Å². The number of rotatable bonds is 10. The van der Waals surface area contributed by atoms with Gasteiger partial charge in [-0.1, -0.05) is 88.7 Å². The van der Waals surface area contributed by atoms with Crippen LogP contribution in [0.5, 0.6) is 0 Å². The van der Waals surface area contributed by atoms with Crippen LogP contribution >= 0.6 is 27.7 Å². The molecular weight excluding hydrogens is 658 g/mol. The smallest absolute Gasteiger partial charge is 0.272 e. The molecular formula is C38H32BrN3O3S. The molecule has 0 aliphatic heterocycles. The topological polar surface area (TPSA) is 87.3 Å². The Morgan fingerprint density at radius 2 is 1.39 bits per heavy atom. The summed E-state index contributed by atoms with van der Waals surface area (Å²) < 4.78 is 0.902. The maximum absolute atomic E-state index is 13.6. The van der Waals surface area contributed by atoms with Crippen LogP contribution in [0, 0.1) is 13.8 Å². The van der Waals surface area contributed by atoms with Gasteiger partial charge in [-0.3, -0.25) is 14.4 Å². The quantitative estimate of drug-likeness (QED) is 0.101. The van der Waals surface area contributed by atoms with E-state index in [9.17, 15) is 14.4 Å². The van der Waals surface area contributed by atoms with Crippen LogP contribution in [-0.2, 0) is 9.59 Å². The van der Waals surface area contributed by atoms with Crippen LogP contribution < -0.4 is 16.0 Å². The maximum atomic E-state index is 13.6. The maximum Gasteiger partial charge on any atom is 0.272 e. The van der Waals surface area contributed by atoms with E-state index in [1.165, 1.54) is 11.8 Å². The minimum absolute atomic E-state index is 0.0990. The van der Waals surface area contributed by atoms with Gasteiger partial charge in [0.25, 0.3) is 11.8 Å². The van der Waals surface area contributed by atoms with Crippen LogP contribution in [0.2, 0.25) is 0 Å². The van der Waals surface area contributed by atoms with Crippen molar-refractivity contribution in [3.63, 3.8) is 0 Å². The molecule has 0 spiro atoms. The average Bonchev–Trinajstić information content (AvgIpc) is 3.07. The zero-order valence-electron chi connectivity index (χ0n) is 25.3. The number of halogens is 1. The molecule has 0 saturated carbocycles. The molecule has 3 amide bonds. The third kappa shape index (κ3) is 8.84. The highest BCUT2D eigenvalue weighted by atomic mass is 79.9. The number of benzene rings is 5. The van der Waals surface area contributed by atoms with E-state index < -0.39 is 17.1 Å². The van der Waals surface area contributed by atoms with Crippen LogP contribution in [0.15, 0.2) is 142 Å². The summed E-state index contributed by atoms with van der Waals surface area (Å²) in [6.07, 6.45) is 1.63. The minimum Gasteiger partial charge on any atom is -0.325 e. The molecule has 6 nitrogen and oxygen atoms in total. The number of aryl methyl sites for hydroxylation is 2. The first kappa shape index (κ1) is 32.5. The predicted molar refractivity (Wildman–Crippen MR) is 191 cm³/mol. The van der Waals surface area contributed by atoms with E-state index in [0.29, 0.717) is 11.3 Å². The lowest BCUT2D eigenvalue weighted by Gasteiger charge is -2.18. The van der Waals surface area contributed by atoms with Gasteiger partial charge in [0.15, 0.2) is 0 Å². The Labute approximate surface area is 281 Å². The lowest BCUT2D eigenvalue weighted by Crippen LogP contribution is -2.30. The molecule has 0 heterocycles. The van der Waals surface area contributed by atoms with Crippen molar-refractivity contribution >= 4 is 62.9 Å². The summed E-state index contributed by atoms with van der Waals surface area (Å²) in [5.74, 6) is -0.987. The second-order valence-corrected chi connectivity index (χ2v) is 12.7. The van der Waals surface area contributed by atoms with Crippen molar-refractivity contribution in [3.05, 3.63) is 165 Å². The second kappa shape index (κ2) is 15.4. The third-order valence-electron chi connectivity index (χ3n) is 7.07. The van der Waals surface area contributed by atoms with E-state index in [-0.39, 0.29) is 11.6 Å². The van der Waals surface area contributed by atoms with Crippen LogP contribution in [0.1, 0.15) is 37.9 Å². The van der Waals surface area contributed by atoms with Crippen molar-refractivity contribution in [3.8, 4) is 0 Å². The molecule has 0 aromatic heterocycles. The average molecular weight is 691 g/mol. The third-order valence-corrected chi connectivity index (χ3v) is 8.86. The van der Waals surface area contributed by atoms with Crippen LogP contribution in [-0.4, -0.2) is 17.7 Å². The van der Waals surface area contributed by atoms with Gasteiger partial charge in [-0.2, -0.15) is 0 Å². The first-order valence-electron chi connectivity index (χ1n) is 14.6. The normalized spacial score (nSPS) is 11.8. The number of hydrogen-bond donors (Lipinski definition) is 3. The SMILES string of the molecule is Cc1ccc(C)c(NC(=O)C(Sc2ccc(NC(=O)/C(=C/c3ccc(Br)cc3)NC(=O)c3ccccc3)cc2)c2ccccc2)c1. The van der Waals surface area contributed by atoms with Gasteiger partial charge in [0.2, 0.25) is 5.91 Å². The number of amides is 3. The van der Waals surface area contributed by atoms with E-state index in [1.54, 1.807) is 42.5 Å². The number of carbonyl (C=O) groups excluding carboxylic acids is 3. The zero-order valence-corrected chi connectivity index (χ0v) is 27.7. The monoisotopic (exact) mass is 689 g/mol. The highest BCUT2D eigenvalue weighted by Gasteiger charge is 2.23. The minimum atomic E-state index is -0.504. The summed E-state index contributed by atoms with van der Waals surface area (Å²) in [4.78, 5) is 40.9. The Morgan fingerprint density at radius 3 is 2.07 bits per heavy atom. The van der Waals surface area contributed by atoms with Gasteiger partial charge in [-0.25, -0.2) is 0 Å². The van der Waals surface area contributed by atoms with Gasteiger partial charge < -0.3 is 16.0 Å². The molecule has 230 valence electrons. The van der Waals surface area contributed by atoms with Gasteiger partial charge >= 0.3 is 0 Å². The molecule has 46 heavy (non-hydrogen) atoms. The van der Waals surface area contributed by atoms with E-state index >= 15 is 0 Å². The van der Waals surface area contributed by atoms with Crippen molar-refractivity contribution in [2.75, 3.05) is 10.6 Å². The zero-order chi connectivity index (χ0) is 32.5. The second-order valence-electron chi connectivity index (χ2n) is 10.6. The van der Waals surface area contributed by atoms with Crippen LogP contribution in [0.3, 0.4) is 0 Å². The fourth-order valence-electron chi connectivity index (χ4n) is 4.59. The highest BCUT2D eigenvalue weighted by molar-refractivity contribution is 9.10. The molecule has 0 bridgehead atoms.